The molecule has 0 radical (unpaired) electrons. The minimum absolute atomic E-state index is 0.493. The number of nitrogens with two attached hydrogens (primary N) is 1. The van der Waals surface area contributed by atoms with Crippen LogP contribution in [0.5, 0.6) is 0 Å². The summed E-state index contributed by atoms with van der Waals surface area (Å²) in [4.78, 5) is 8.67. The highest BCUT2D eigenvalue weighted by atomic mass is 32.2. The Morgan fingerprint density at radius 1 is 1.23 bits per heavy atom. The molecule has 6 nitrogen and oxygen atoms in total. The average Bonchev–Trinajstić information content (AvgIpc) is 2.74. The van der Waals surface area contributed by atoms with Gasteiger partial charge in [-0.05, 0) is 31.6 Å². The molecule has 1 aromatic heterocycles. The fourth-order valence-corrected chi connectivity index (χ4v) is 3.24. The SMILES string of the molecule is C=C/C(=C\CC=CCCCNC(=C)c1ncnc(CC(=C)N)c1NC)NC(=C)CSC. The molecule has 168 valence electrons. The summed E-state index contributed by atoms with van der Waals surface area (Å²) >= 11 is 1.74. The third-order valence-corrected chi connectivity index (χ3v) is 4.88. The standard InChI is InChI=1S/C24H36N6S/c1-7-21(30-19(3)16-31-6)13-11-9-8-10-12-14-27-20(4)23-24(26-5)22(15-18(2)25)28-17-29-23/h7-9,13,17,26-27,30H,1-4,10-12,14-16,25H2,5-6H3/b9-8?,21-13+. The first-order valence-corrected chi connectivity index (χ1v) is 11.6. The van der Waals surface area contributed by atoms with E-state index in [1.54, 1.807) is 11.8 Å². The third kappa shape index (κ3) is 10.1. The molecular formula is C24H36N6S. The molecule has 0 fully saturated rings. The normalized spacial score (nSPS) is 11.2. The quantitative estimate of drug-likeness (QED) is 0.173. The predicted octanol–water partition coefficient (Wildman–Crippen LogP) is 4.36. The highest BCUT2D eigenvalue weighted by Gasteiger charge is 2.12. The molecule has 7 heteroatoms. The molecule has 0 aliphatic carbocycles. The highest BCUT2D eigenvalue weighted by molar-refractivity contribution is 7.98. The van der Waals surface area contributed by atoms with Gasteiger partial charge in [-0.1, -0.05) is 44.5 Å². The number of hydrogen-bond acceptors (Lipinski definition) is 7. The van der Waals surface area contributed by atoms with Crippen molar-refractivity contribution in [1.29, 1.82) is 0 Å². The Kier molecular flexibility index (Phi) is 12.6. The zero-order valence-corrected chi connectivity index (χ0v) is 19.7. The van der Waals surface area contributed by atoms with Gasteiger partial charge >= 0.3 is 0 Å². The van der Waals surface area contributed by atoms with Crippen LogP contribution in [0.4, 0.5) is 5.69 Å². The van der Waals surface area contributed by atoms with Gasteiger partial charge < -0.3 is 21.7 Å². The van der Waals surface area contributed by atoms with Crippen molar-refractivity contribution < 1.29 is 0 Å². The van der Waals surface area contributed by atoms with Gasteiger partial charge in [0.15, 0.2) is 0 Å². The molecule has 0 unspecified atom stereocenters. The summed E-state index contributed by atoms with van der Waals surface area (Å²) in [6.45, 7) is 16.5. The Labute approximate surface area is 191 Å². The van der Waals surface area contributed by atoms with Gasteiger partial charge in [0.05, 0.1) is 17.1 Å². The van der Waals surface area contributed by atoms with Crippen molar-refractivity contribution in [3.63, 3.8) is 0 Å². The maximum absolute atomic E-state index is 5.74. The fourth-order valence-electron chi connectivity index (χ4n) is 2.81. The van der Waals surface area contributed by atoms with Gasteiger partial charge in [0, 0.05) is 42.9 Å². The van der Waals surface area contributed by atoms with Crippen LogP contribution in [0.2, 0.25) is 0 Å². The zero-order valence-electron chi connectivity index (χ0n) is 18.8. The molecule has 0 aliphatic heterocycles. The minimum atomic E-state index is 0.493. The second-order valence-corrected chi connectivity index (χ2v) is 7.77. The largest absolute Gasteiger partial charge is 0.402 e. The second kappa shape index (κ2) is 15.0. The van der Waals surface area contributed by atoms with Crippen molar-refractivity contribution in [2.24, 2.45) is 5.73 Å². The van der Waals surface area contributed by atoms with E-state index < -0.39 is 0 Å². The number of unbranched alkanes of at least 4 members (excludes halogenated alkanes) is 1. The topological polar surface area (TPSA) is 87.9 Å². The van der Waals surface area contributed by atoms with Gasteiger partial charge in [0.25, 0.3) is 0 Å². The Morgan fingerprint density at radius 2 is 2.00 bits per heavy atom. The smallest absolute Gasteiger partial charge is 0.116 e. The lowest BCUT2D eigenvalue weighted by molar-refractivity contribution is 0.773. The van der Waals surface area contributed by atoms with E-state index in [9.17, 15) is 0 Å². The van der Waals surface area contributed by atoms with Crippen molar-refractivity contribution in [1.82, 2.24) is 20.6 Å². The number of anilines is 1. The first-order chi connectivity index (χ1) is 14.9. The lowest BCUT2D eigenvalue weighted by atomic mass is 10.1. The summed E-state index contributed by atoms with van der Waals surface area (Å²) in [5, 5.41) is 9.77. The van der Waals surface area contributed by atoms with E-state index in [1.165, 1.54) is 6.33 Å². The molecular weight excluding hydrogens is 404 g/mol. The van der Waals surface area contributed by atoms with Gasteiger partial charge in [0.2, 0.25) is 0 Å². The monoisotopic (exact) mass is 440 g/mol. The van der Waals surface area contributed by atoms with Gasteiger partial charge in [-0.15, -0.1) is 0 Å². The number of rotatable bonds is 16. The number of aromatic nitrogens is 2. The Balaban J connectivity index is 2.44. The summed E-state index contributed by atoms with van der Waals surface area (Å²) in [6.07, 6.45) is 15.2. The highest BCUT2D eigenvalue weighted by Crippen LogP contribution is 2.22. The number of nitrogens with zero attached hydrogens (tertiary/aromatic N) is 2. The van der Waals surface area contributed by atoms with Crippen molar-refractivity contribution in [2.75, 3.05) is 30.9 Å². The molecule has 1 rings (SSSR count). The zero-order chi connectivity index (χ0) is 23.1. The van der Waals surface area contributed by atoms with E-state index in [0.29, 0.717) is 12.1 Å². The Bertz CT molecular complexity index is 825. The van der Waals surface area contributed by atoms with Crippen LogP contribution in [-0.4, -0.2) is 35.6 Å². The van der Waals surface area contributed by atoms with Crippen molar-refractivity contribution in [3.05, 3.63) is 85.4 Å². The van der Waals surface area contributed by atoms with Crippen LogP contribution in [0.15, 0.2) is 74.0 Å². The van der Waals surface area contributed by atoms with Gasteiger partial charge in [-0.25, -0.2) is 9.97 Å². The van der Waals surface area contributed by atoms with Crippen molar-refractivity contribution in [3.8, 4) is 0 Å². The molecule has 31 heavy (non-hydrogen) atoms. The summed E-state index contributed by atoms with van der Waals surface area (Å²) in [5.74, 6) is 0.883. The third-order valence-electron chi connectivity index (χ3n) is 4.24. The molecule has 0 spiro atoms. The van der Waals surface area contributed by atoms with Crippen LogP contribution < -0.4 is 21.7 Å². The minimum Gasteiger partial charge on any atom is -0.402 e. The van der Waals surface area contributed by atoms with Crippen LogP contribution in [0.1, 0.15) is 30.7 Å². The van der Waals surface area contributed by atoms with Crippen LogP contribution in [0, 0.1) is 0 Å². The molecule has 1 heterocycles. The fraction of sp³-hybridized carbons (Fsp3) is 0.333. The van der Waals surface area contributed by atoms with E-state index in [4.69, 9.17) is 5.73 Å². The lowest BCUT2D eigenvalue weighted by Gasteiger charge is -2.15. The maximum Gasteiger partial charge on any atom is 0.116 e. The van der Waals surface area contributed by atoms with E-state index in [0.717, 1.165) is 65.7 Å². The molecule has 0 amide bonds. The molecule has 0 saturated carbocycles. The first kappa shape index (κ1) is 26.1. The summed E-state index contributed by atoms with van der Waals surface area (Å²) < 4.78 is 0. The van der Waals surface area contributed by atoms with E-state index in [-0.39, 0.29) is 0 Å². The lowest BCUT2D eigenvalue weighted by Crippen LogP contribution is -2.16. The van der Waals surface area contributed by atoms with Crippen molar-refractivity contribution >= 4 is 23.1 Å². The number of allylic oxidation sites excluding steroid dienone is 5. The van der Waals surface area contributed by atoms with Gasteiger partial charge in [0.1, 0.15) is 12.0 Å². The van der Waals surface area contributed by atoms with Crippen LogP contribution in [-0.2, 0) is 6.42 Å². The summed E-state index contributed by atoms with van der Waals surface area (Å²) in [7, 11) is 1.84. The first-order valence-electron chi connectivity index (χ1n) is 10.2. The number of thioether (sulfide) groups is 1. The van der Waals surface area contributed by atoms with Crippen molar-refractivity contribution in [2.45, 2.75) is 25.7 Å². The number of hydrogen-bond donors (Lipinski definition) is 4. The maximum atomic E-state index is 5.74. The van der Waals surface area contributed by atoms with E-state index >= 15 is 0 Å². The second-order valence-electron chi connectivity index (χ2n) is 6.91. The van der Waals surface area contributed by atoms with E-state index in [1.807, 2.05) is 13.1 Å². The Hall–Kier alpha value is -2.93. The van der Waals surface area contributed by atoms with Gasteiger partial charge in [-0.3, -0.25) is 0 Å². The summed E-state index contributed by atoms with van der Waals surface area (Å²) in [5.41, 5.74) is 11.4. The summed E-state index contributed by atoms with van der Waals surface area (Å²) in [6, 6.07) is 0. The predicted molar refractivity (Wildman–Crippen MR) is 138 cm³/mol. The van der Waals surface area contributed by atoms with Crippen LogP contribution in [0.3, 0.4) is 0 Å². The van der Waals surface area contributed by atoms with Crippen LogP contribution >= 0.6 is 11.8 Å². The Morgan fingerprint density at radius 3 is 2.65 bits per heavy atom. The van der Waals surface area contributed by atoms with E-state index in [2.05, 4.69) is 76.7 Å². The molecule has 0 saturated heterocycles. The van der Waals surface area contributed by atoms with Crippen LogP contribution in [0.25, 0.3) is 5.70 Å². The van der Waals surface area contributed by atoms with Gasteiger partial charge in [-0.2, -0.15) is 11.8 Å². The molecule has 0 aromatic carbocycles. The number of nitrogens with one attached hydrogen (secondary N) is 3. The molecule has 0 aliphatic rings. The molecule has 0 atom stereocenters. The molecule has 5 N–H and O–H groups in total. The average molecular weight is 441 g/mol. The molecule has 1 aromatic rings. The molecule has 0 bridgehead atoms.